The average Bonchev–Trinajstić information content (AvgIpc) is 3.51. The molecule has 4 atom stereocenters. The van der Waals surface area contributed by atoms with Gasteiger partial charge >= 0.3 is 0 Å². The van der Waals surface area contributed by atoms with Gasteiger partial charge < -0.3 is 15.5 Å². The molecule has 5 rings (SSSR count). The molecule has 2 heterocycles. The lowest BCUT2D eigenvalue weighted by Crippen LogP contribution is -2.49. The summed E-state index contributed by atoms with van der Waals surface area (Å²) < 4.78 is 0. The number of rotatable bonds is 7. The molecule has 5 nitrogen and oxygen atoms in total. The zero-order valence-corrected chi connectivity index (χ0v) is 19.4. The fourth-order valence-corrected chi connectivity index (χ4v) is 6.10. The SMILES string of the molecule is C=C1CCC(N2Cc3cc(C[C@H]4CCCC[C@@H]4N[C@H](C)CC4CC4)ccc3C2=O)C(=O)N1. The van der Waals surface area contributed by atoms with E-state index in [9.17, 15) is 9.59 Å². The summed E-state index contributed by atoms with van der Waals surface area (Å²) in [6, 6.07) is 7.19. The molecule has 4 aliphatic rings. The molecule has 2 amide bonds. The minimum atomic E-state index is -0.385. The monoisotopic (exact) mass is 435 g/mol. The summed E-state index contributed by atoms with van der Waals surface area (Å²) in [5, 5.41) is 6.79. The molecule has 3 fully saturated rings. The number of piperidine rings is 1. The van der Waals surface area contributed by atoms with Crippen LogP contribution in [0.2, 0.25) is 0 Å². The Morgan fingerprint density at radius 2 is 1.97 bits per heavy atom. The number of benzene rings is 1. The lowest BCUT2D eigenvalue weighted by atomic mass is 9.80. The topological polar surface area (TPSA) is 61.4 Å². The first-order chi connectivity index (χ1) is 15.5. The number of carbonyl (C=O) groups is 2. The number of fused-ring (bicyclic) bond motifs is 1. The third-order valence-corrected chi connectivity index (χ3v) is 7.99. The molecule has 2 aliphatic carbocycles. The minimum absolute atomic E-state index is 0.00896. The molecule has 2 aliphatic heterocycles. The van der Waals surface area contributed by atoms with Gasteiger partial charge in [-0.1, -0.05) is 44.4 Å². The quantitative estimate of drug-likeness (QED) is 0.671. The summed E-state index contributed by atoms with van der Waals surface area (Å²) in [7, 11) is 0. The van der Waals surface area contributed by atoms with Gasteiger partial charge in [0.05, 0.1) is 0 Å². The van der Waals surface area contributed by atoms with Gasteiger partial charge in [0.25, 0.3) is 5.91 Å². The molecule has 1 unspecified atom stereocenters. The van der Waals surface area contributed by atoms with Gasteiger partial charge in [0.1, 0.15) is 6.04 Å². The fraction of sp³-hybridized carbons (Fsp3) is 0.630. The molecule has 5 heteroatoms. The Balaban J connectivity index is 1.25. The maximum absolute atomic E-state index is 13.0. The zero-order valence-electron chi connectivity index (χ0n) is 19.4. The maximum Gasteiger partial charge on any atom is 0.255 e. The standard InChI is InChI=1S/C27H37N3O2/c1-17-7-12-25(26(31)29-17)30-16-22-15-20(10-11-23(22)27(30)32)14-21-5-3-4-6-24(21)28-18(2)13-19-8-9-19/h10-11,15,18-19,21,24-25,28H,1,3-9,12-14,16H2,2H3,(H,29,31)/t18-,21-,24+,25?/m1/s1. The van der Waals surface area contributed by atoms with E-state index in [-0.39, 0.29) is 17.9 Å². The van der Waals surface area contributed by atoms with Gasteiger partial charge in [-0.3, -0.25) is 9.59 Å². The number of allylic oxidation sites excluding steroid dienone is 1. The predicted molar refractivity (Wildman–Crippen MR) is 126 cm³/mol. The third-order valence-electron chi connectivity index (χ3n) is 7.99. The van der Waals surface area contributed by atoms with Crippen molar-refractivity contribution in [3.05, 3.63) is 47.2 Å². The molecular formula is C27H37N3O2. The molecule has 1 aromatic rings. The van der Waals surface area contributed by atoms with Crippen LogP contribution in [0.15, 0.2) is 30.5 Å². The van der Waals surface area contributed by atoms with Gasteiger partial charge in [0, 0.05) is 29.9 Å². The molecule has 0 spiro atoms. The average molecular weight is 436 g/mol. The molecule has 0 aromatic heterocycles. The van der Waals surface area contributed by atoms with Crippen LogP contribution in [0.1, 0.15) is 86.2 Å². The van der Waals surface area contributed by atoms with E-state index in [1.165, 1.54) is 50.5 Å². The fourth-order valence-electron chi connectivity index (χ4n) is 6.10. The second kappa shape index (κ2) is 9.01. The normalized spacial score (nSPS) is 29.1. The van der Waals surface area contributed by atoms with E-state index in [0.29, 0.717) is 31.0 Å². The molecule has 1 saturated heterocycles. The van der Waals surface area contributed by atoms with E-state index in [4.69, 9.17) is 0 Å². The number of nitrogens with one attached hydrogen (secondary N) is 2. The summed E-state index contributed by atoms with van der Waals surface area (Å²) in [5.74, 6) is 1.51. The van der Waals surface area contributed by atoms with Crippen LogP contribution in [-0.4, -0.2) is 34.8 Å². The highest BCUT2D eigenvalue weighted by Crippen LogP contribution is 2.35. The second-order valence-corrected chi connectivity index (χ2v) is 10.7. The van der Waals surface area contributed by atoms with Crippen molar-refractivity contribution in [2.24, 2.45) is 11.8 Å². The van der Waals surface area contributed by atoms with Crippen molar-refractivity contribution in [1.82, 2.24) is 15.5 Å². The first-order valence-electron chi connectivity index (χ1n) is 12.7. The predicted octanol–water partition coefficient (Wildman–Crippen LogP) is 4.31. The summed E-state index contributed by atoms with van der Waals surface area (Å²) in [4.78, 5) is 27.2. The number of hydrogen-bond acceptors (Lipinski definition) is 3. The molecule has 1 aromatic carbocycles. The zero-order chi connectivity index (χ0) is 22.2. The Bertz CT molecular complexity index is 906. The third kappa shape index (κ3) is 4.63. The van der Waals surface area contributed by atoms with Crippen molar-refractivity contribution < 1.29 is 9.59 Å². The van der Waals surface area contributed by atoms with Gasteiger partial charge in [0.15, 0.2) is 0 Å². The maximum atomic E-state index is 13.0. The Labute approximate surface area is 192 Å². The summed E-state index contributed by atoms with van der Waals surface area (Å²) in [5.41, 5.74) is 3.92. The number of nitrogens with zero attached hydrogens (tertiary/aromatic N) is 1. The van der Waals surface area contributed by atoms with Crippen LogP contribution in [-0.2, 0) is 17.8 Å². The molecule has 2 saturated carbocycles. The first-order valence-corrected chi connectivity index (χ1v) is 12.7. The van der Waals surface area contributed by atoms with Gasteiger partial charge in [-0.15, -0.1) is 0 Å². The van der Waals surface area contributed by atoms with Gasteiger partial charge in [-0.2, -0.15) is 0 Å². The Kier molecular flexibility index (Phi) is 6.11. The highest BCUT2D eigenvalue weighted by atomic mass is 16.2. The van der Waals surface area contributed by atoms with E-state index < -0.39 is 0 Å². The first kappa shape index (κ1) is 21.7. The van der Waals surface area contributed by atoms with Crippen molar-refractivity contribution in [3.8, 4) is 0 Å². The van der Waals surface area contributed by atoms with Crippen LogP contribution in [0.25, 0.3) is 0 Å². The van der Waals surface area contributed by atoms with E-state index >= 15 is 0 Å². The van der Waals surface area contributed by atoms with Crippen molar-refractivity contribution in [3.63, 3.8) is 0 Å². The smallest absolute Gasteiger partial charge is 0.255 e. The molecule has 0 bridgehead atoms. The van der Waals surface area contributed by atoms with Crippen LogP contribution in [0.5, 0.6) is 0 Å². The van der Waals surface area contributed by atoms with E-state index in [2.05, 4.69) is 36.3 Å². The van der Waals surface area contributed by atoms with Gasteiger partial charge in [-0.05, 0) is 74.5 Å². The van der Waals surface area contributed by atoms with Crippen molar-refractivity contribution >= 4 is 11.8 Å². The van der Waals surface area contributed by atoms with Gasteiger partial charge in [-0.25, -0.2) is 0 Å². The Morgan fingerprint density at radius 3 is 2.75 bits per heavy atom. The summed E-state index contributed by atoms with van der Waals surface area (Å²) in [6.45, 7) is 6.75. The minimum Gasteiger partial charge on any atom is -0.329 e. The lowest BCUT2D eigenvalue weighted by molar-refractivity contribution is -0.126. The Morgan fingerprint density at radius 1 is 1.16 bits per heavy atom. The number of hydrogen-bond donors (Lipinski definition) is 2. The van der Waals surface area contributed by atoms with E-state index in [1.54, 1.807) is 4.90 Å². The van der Waals surface area contributed by atoms with Gasteiger partial charge in [0.2, 0.25) is 5.91 Å². The van der Waals surface area contributed by atoms with Crippen LogP contribution in [0, 0.1) is 11.8 Å². The molecule has 172 valence electrons. The number of amides is 2. The van der Waals surface area contributed by atoms with Crippen LogP contribution in [0.3, 0.4) is 0 Å². The molecule has 0 radical (unpaired) electrons. The Hall–Kier alpha value is -2.14. The lowest BCUT2D eigenvalue weighted by Gasteiger charge is -2.35. The van der Waals surface area contributed by atoms with Crippen molar-refractivity contribution in [2.75, 3.05) is 0 Å². The summed E-state index contributed by atoms with van der Waals surface area (Å²) in [6.07, 6.45) is 11.8. The molecule has 2 N–H and O–H groups in total. The summed E-state index contributed by atoms with van der Waals surface area (Å²) >= 11 is 0. The molecular weight excluding hydrogens is 398 g/mol. The highest BCUT2D eigenvalue weighted by Gasteiger charge is 2.38. The van der Waals surface area contributed by atoms with Crippen molar-refractivity contribution in [2.45, 2.75) is 95.8 Å². The van der Waals surface area contributed by atoms with Crippen molar-refractivity contribution in [1.29, 1.82) is 0 Å². The van der Waals surface area contributed by atoms with Crippen LogP contribution in [0.4, 0.5) is 0 Å². The van der Waals surface area contributed by atoms with Crippen LogP contribution >= 0.6 is 0 Å². The van der Waals surface area contributed by atoms with E-state index in [0.717, 1.165) is 35.6 Å². The van der Waals surface area contributed by atoms with E-state index in [1.807, 2.05) is 6.07 Å². The molecule has 32 heavy (non-hydrogen) atoms. The largest absolute Gasteiger partial charge is 0.329 e. The highest BCUT2D eigenvalue weighted by molar-refractivity contribution is 6.01. The van der Waals surface area contributed by atoms with Crippen LogP contribution < -0.4 is 10.6 Å². The second-order valence-electron chi connectivity index (χ2n) is 10.7. The number of carbonyl (C=O) groups excluding carboxylic acids is 2.